The first-order valence-corrected chi connectivity index (χ1v) is 6.92. The Morgan fingerprint density at radius 3 is 2.75 bits per heavy atom. The fourth-order valence-electron chi connectivity index (χ4n) is 1.65. The molecule has 0 atom stereocenters. The van der Waals surface area contributed by atoms with E-state index >= 15 is 0 Å². The number of benzene rings is 1. The van der Waals surface area contributed by atoms with Gasteiger partial charge >= 0.3 is 63.5 Å². The van der Waals surface area contributed by atoms with E-state index in [2.05, 4.69) is 9.47 Å². The number of halogens is 1. The van der Waals surface area contributed by atoms with Crippen molar-refractivity contribution in [3.63, 3.8) is 0 Å². The summed E-state index contributed by atoms with van der Waals surface area (Å²) in [7, 11) is 0. The van der Waals surface area contributed by atoms with Crippen LogP contribution in [0.1, 0.15) is 26.8 Å². The Hall–Kier alpha value is -1.13. The van der Waals surface area contributed by atoms with Crippen molar-refractivity contribution in [1.29, 1.82) is 0 Å². The Bertz CT molecular complexity index is 626. The van der Waals surface area contributed by atoms with Crippen LogP contribution in [0.3, 0.4) is 0 Å². The molecular formula is C15H17FKNO6. The fraction of sp³-hybridized carbons (Fsp3) is 0.333. The molecular weight excluding hydrogens is 348 g/mol. The monoisotopic (exact) mass is 365 g/mol. The van der Waals surface area contributed by atoms with Crippen LogP contribution in [-0.4, -0.2) is 23.7 Å². The van der Waals surface area contributed by atoms with Gasteiger partial charge in [0, 0.05) is 18.1 Å². The summed E-state index contributed by atoms with van der Waals surface area (Å²) >= 11 is 0. The quantitative estimate of drug-likeness (QED) is 0.174. The van der Waals surface area contributed by atoms with Gasteiger partial charge in [-0.25, -0.2) is 14.0 Å². The van der Waals surface area contributed by atoms with Crippen LogP contribution < -0.4 is 51.4 Å². The minimum atomic E-state index is -1.19. The minimum Gasteiger partial charge on any atom is -1.00 e. The van der Waals surface area contributed by atoms with Gasteiger partial charge in [0.1, 0.15) is 5.82 Å². The van der Waals surface area contributed by atoms with Crippen molar-refractivity contribution in [2.24, 2.45) is 0 Å². The maximum atomic E-state index is 13.0. The standard InChI is InChI=1S/C15H16FNO6.K.H/c1-2-3-4-5-14(18)23-15(19)22-9-8-11-6-7-12(16)10-13(11)17(20)21;;/h4-7,10H,2-3,8-9H2,1H3;;/q;+1;-1. The van der Waals surface area contributed by atoms with Crippen molar-refractivity contribution in [2.45, 2.75) is 26.2 Å². The number of hydrogen-bond acceptors (Lipinski definition) is 6. The molecule has 9 heteroatoms. The molecule has 24 heavy (non-hydrogen) atoms. The van der Waals surface area contributed by atoms with E-state index in [0.29, 0.717) is 6.42 Å². The molecule has 0 N–H and O–H groups in total. The maximum Gasteiger partial charge on any atom is 1.00 e. The van der Waals surface area contributed by atoms with E-state index in [4.69, 9.17) is 0 Å². The van der Waals surface area contributed by atoms with Crippen LogP contribution in [0.25, 0.3) is 0 Å². The largest absolute Gasteiger partial charge is 1.00 e. The van der Waals surface area contributed by atoms with Crippen molar-refractivity contribution >= 4 is 17.8 Å². The summed E-state index contributed by atoms with van der Waals surface area (Å²) in [5.74, 6) is -1.58. The van der Waals surface area contributed by atoms with E-state index in [1.165, 1.54) is 6.07 Å². The molecule has 0 bridgehead atoms. The van der Waals surface area contributed by atoms with Crippen LogP contribution >= 0.6 is 0 Å². The second-order valence-electron chi connectivity index (χ2n) is 4.49. The summed E-state index contributed by atoms with van der Waals surface area (Å²) in [6.45, 7) is 1.69. The third-order valence-electron chi connectivity index (χ3n) is 2.73. The Morgan fingerprint density at radius 2 is 2.12 bits per heavy atom. The molecule has 0 aliphatic carbocycles. The third kappa shape index (κ3) is 8.64. The van der Waals surface area contributed by atoms with E-state index in [0.717, 1.165) is 24.6 Å². The van der Waals surface area contributed by atoms with Gasteiger partial charge < -0.3 is 10.9 Å². The summed E-state index contributed by atoms with van der Waals surface area (Å²) in [6, 6.07) is 3.10. The molecule has 1 aromatic carbocycles. The number of carbonyl (C=O) groups excluding carboxylic acids is 2. The predicted molar refractivity (Wildman–Crippen MR) is 79.4 cm³/mol. The Morgan fingerprint density at radius 1 is 1.42 bits per heavy atom. The van der Waals surface area contributed by atoms with E-state index in [9.17, 15) is 24.1 Å². The number of nitrogens with zero attached hydrogens (tertiary/aromatic N) is 1. The molecule has 1 aromatic rings. The van der Waals surface area contributed by atoms with E-state index in [-0.39, 0.29) is 71.4 Å². The molecule has 0 aliphatic rings. The van der Waals surface area contributed by atoms with Gasteiger partial charge in [0.2, 0.25) is 0 Å². The first-order chi connectivity index (χ1) is 10.9. The van der Waals surface area contributed by atoms with Crippen LogP contribution in [0.5, 0.6) is 0 Å². The molecule has 0 aromatic heterocycles. The molecule has 0 fully saturated rings. The Kier molecular flexibility index (Phi) is 11.7. The molecule has 1 rings (SSSR count). The molecule has 0 radical (unpaired) electrons. The molecule has 0 saturated heterocycles. The van der Waals surface area contributed by atoms with Gasteiger partial charge in [-0.05, 0) is 18.6 Å². The van der Waals surface area contributed by atoms with Crippen LogP contribution in [-0.2, 0) is 20.7 Å². The van der Waals surface area contributed by atoms with Crippen molar-refractivity contribution in [1.82, 2.24) is 0 Å². The second-order valence-corrected chi connectivity index (χ2v) is 4.49. The van der Waals surface area contributed by atoms with E-state index < -0.39 is 28.6 Å². The summed E-state index contributed by atoms with van der Waals surface area (Å²) in [5.41, 5.74) is -0.195. The molecule has 0 aliphatic heterocycles. The first-order valence-electron chi connectivity index (χ1n) is 6.92. The number of unbranched alkanes of at least 4 members (excludes halogenated alkanes) is 1. The normalized spacial score (nSPS) is 10.1. The smallest absolute Gasteiger partial charge is 1.00 e. The van der Waals surface area contributed by atoms with Gasteiger partial charge in [0.15, 0.2) is 0 Å². The third-order valence-corrected chi connectivity index (χ3v) is 2.73. The Balaban J connectivity index is 0. The zero-order chi connectivity index (χ0) is 17.2. The van der Waals surface area contributed by atoms with Crippen molar-refractivity contribution in [3.8, 4) is 0 Å². The zero-order valence-corrected chi connectivity index (χ0v) is 16.6. The summed E-state index contributed by atoms with van der Waals surface area (Å²) in [5, 5.41) is 10.8. The topological polar surface area (TPSA) is 95.7 Å². The van der Waals surface area contributed by atoms with Gasteiger partial charge in [-0.3, -0.25) is 10.1 Å². The summed E-state index contributed by atoms with van der Waals surface area (Å²) in [6.07, 6.45) is 3.02. The van der Waals surface area contributed by atoms with Crippen molar-refractivity contribution < 1.29 is 81.2 Å². The second kappa shape index (κ2) is 12.3. The minimum absolute atomic E-state index is 0. The number of ether oxygens (including phenoxy) is 2. The summed E-state index contributed by atoms with van der Waals surface area (Å²) in [4.78, 5) is 32.5. The number of hydrogen-bond donors (Lipinski definition) is 0. The SMILES string of the molecule is CCCC=CC(=O)OC(=O)OCCc1ccc(F)cc1[N+](=O)[O-].[H-].[K+]. The summed E-state index contributed by atoms with van der Waals surface area (Å²) < 4.78 is 22.0. The number of nitro groups is 1. The number of nitro benzene ring substituents is 1. The van der Waals surface area contributed by atoms with Crippen molar-refractivity contribution in [3.05, 3.63) is 51.8 Å². The van der Waals surface area contributed by atoms with Gasteiger partial charge in [0.25, 0.3) is 5.69 Å². The average molecular weight is 365 g/mol. The molecule has 7 nitrogen and oxygen atoms in total. The number of esters is 1. The molecule has 0 saturated carbocycles. The molecule has 126 valence electrons. The molecule has 0 amide bonds. The van der Waals surface area contributed by atoms with E-state index in [1.54, 1.807) is 6.08 Å². The predicted octanol–water partition coefficient (Wildman–Crippen LogP) is 0.429. The Labute approximate surface area is 182 Å². The molecule has 0 unspecified atom stereocenters. The van der Waals surface area contributed by atoms with Crippen LogP contribution in [0.15, 0.2) is 30.4 Å². The van der Waals surface area contributed by atoms with Crippen LogP contribution in [0, 0.1) is 15.9 Å². The fourth-order valence-corrected chi connectivity index (χ4v) is 1.65. The average Bonchev–Trinajstić information content (AvgIpc) is 2.48. The maximum absolute atomic E-state index is 13.0. The van der Waals surface area contributed by atoms with Gasteiger partial charge in [-0.2, -0.15) is 0 Å². The molecule has 0 heterocycles. The molecule has 0 spiro atoms. The number of carbonyl (C=O) groups is 2. The van der Waals surface area contributed by atoms with Gasteiger partial charge in [0.05, 0.1) is 17.6 Å². The zero-order valence-electron chi connectivity index (χ0n) is 14.5. The van der Waals surface area contributed by atoms with Gasteiger partial charge in [-0.1, -0.05) is 19.4 Å². The van der Waals surface area contributed by atoms with E-state index in [1.807, 2.05) is 6.92 Å². The van der Waals surface area contributed by atoms with Crippen molar-refractivity contribution in [2.75, 3.05) is 6.61 Å². The first kappa shape index (κ1) is 22.9. The number of rotatable bonds is 7. The van der Waals surface area contributed by atoms with Crippen LogP contribution in [0.4, 0.5) is 14.9 Å². The van der Waals surface area contributed by atoms with Gasteiger partial charge in [-0.15, -0.1) is 0 Å². The van der Waals surface area contributed by atoms with Crippen LogP contribution in [0.2, 0.25) is 0 Å². The number of allylic oxidation sites excluding steroid dienone is 1.